The molecule has 180 valence electrons. The van der Waals surface area contributed by atoms with Gasteiger partial charge in [-0.1, -0.05) is 29.8 Å². The number of aryl methyl sites for hydroxylation is 2. The van der Waals surface area contributed by atoms with Gasteiger partial charge in [-0.15, -0.1) is 0 Å². The number of hydrogen-bond donors (Lipinski definition) is 2. The average Bonchev–Trinajstić information content (AvgIpc) is 2.78. The number of carboxylic acid groups (broad SMARTS) is 1. The molecular formula is C23H23F3N4O4. The van der Waals surface area contributed by atoms with Gasteiger partial charge >= 0.3 is 12.1 Å². The third-order valence-electron chi connectivity index (χ3n) is 5.32. The van der Waals surface area contributed by atoms with Crippen molar-refractivity contribution in [1.82, 2.24) is 14.9 Å². The second kappa shape index (κ2) is 9.94. The lowest BCUT2D eigenvalue weighted by atomic mass is 10.1. The summed E-state index contributed by atoms with van der Waals surface area (Å²) in [6.07, 6.45) is -5.08. The Morgan fingerprint density at radius 3 is 2.24 bits per heavy atom. The molecule has 2 heterocycles. The van der Waals surface area contributed by atoms with Gasteiger partial charge in [0.2, 0.25) is 0 Å². The number of aliphatic carboxylic acids is 1. The van der Waals surface area contributed by atoms with Crippen molar-refractivity contribution in [2.45, 2.75) is 20.0 Å². The summed E-state index contributed by atoms with van der Waals surface area (Å²) in [5, 5.41) is 7.62. The summed E-state index contributed by atoms with van der Waals surface area (Å²) >= 11 is 0. The summed E-state index contributed by atoms with van der Waals surface area (Å²) in [4.78, 5) is 45.0. The first kappa shape index (κ1) is 24.7. The van der Waals surface area contributed by atoms with Crippen LogP contribution in [0.1, 0.15) is 21.7 Å². The van der Waals surface area contributed by atoms with Crippen LogP contribution in [-0.4, -0.2) is 64.2 Å². The highest BCUT2D eigenvalue weighted by molar-refractivity contribution is 5.92. The van der Waals surface area contributed by atoms with Gasteiger partial charge in [0.25, 0.3) is 11.5 Å². The van der Waals surface area contributed by atoms with Crippen LogP contribution in [0.2, 0.25) is 0 Å². The number of H-pyrrole nitrogens is 1. The third-order valence-corrected chi connectivity index (χ3v) is 5.32. The number of aromatic nitrogens is 2. The predicted octanol–water partition coefficient (Wildman–Crippen LogP) is 3.14. The van der Waals surface area contributed by atoms with Crippen molar-refractivity contribution < 1.29 is 27.9 Å². The zero-order chi connectivity index (χ0) is 25.0. The van der Waals surface area contributed by atoms with Crippen molar-refractivity contribution in [1.29, 1.82) is 0 Å². The molecule has 11 heteroatoms. The molecule has 1 fully saturated rings. The van der Waals surface area contributed by atoms with E-state index in [-0.39, 0.29) is 17.3 Å². The number of para-hydroxylation sites is 1. The van der Waals surface area contributed by atoms with Crippen molar-refractivity contribution in [3.63, 3.8) is 0 Å². The van der Waals surface area contributed by atoms with Crippen molar-refractivity contribution >= 4 is 28.5 Å². The Bertz CT molecular complexity index is 1270. The van der Waals surface area contributed by atoms with Crippen LogP contribution < -0.4 is 10.5 Å². The van der Waals surface area contributed by atoms with E-state index in [2.05, 4.69) is 46.9 Å². The number of halogens is 3. The molecule has 0 radical (unpaired) electrons. The van der Waals surface area contributed by atoms with E-state index in [1.807, 2.05) is 6.07 Å². The molecule has 1 saturated heterocycles. The molecule has 34 heavy (non-hydrogen) atoms. The number of carbonyl (C=O) groups is 2. The Hall–Kier alpha value is -3.89. The average molecular weight is 476 g/mol. The summed E-state index contributed by atoms with van der Waals surface area (Å²) in [5.41, 5.74) is 3.97. The Kier molecular flexibility index (Phi) is 7.23. The first-order valence-corrected chi connectivity index (χ1v) is 10.4. The van der Waals surface area contributed by atoms with Crippen LogP contribution in [0, 0.1) is 13.8 Å². The molecule has 1 amide bonds. The summed E-state index contributed by atoms with van der Waals surface area (Å²) in [6, 6.07) is 13.5. The van der Waals surface area contributed by atoms with Crippen LogP contribution in [0.15, 0.2) is 47.3 Å². The van der Waals surface area contributed by atoms with Gasteiger partial charge in [-0.05, 0) is 37.6 Å². The molecule has 1 aliphatic rings. The quantitative estimate of drug-likeness (QED) is 0.589. The van der Waals surface area contributed by atoms with Crippen molar-refractivity contribution in [3.8, 4) is 0 Å². The number of benzene rings is 2. The molecule has 3 aromatic rings. The SMILES string of the molecule is Cc1ccc(N2CCN(C(=O)c3nc4ccccc4c(=O)[nH]3)CC2)c(C)c1.O=C(O)C(F)(F)F. The second-order valence-corrected chi connectivity index (χ2v) is 7.80. The lowest BCUT2D eigenvalue weighted by Crippen LogP contribution is -2.49. The number of aromatic amines is 1. The van der Waals surface area contributed by atoms with Crippen LogP contribution in [0.5, 0.6) is 0 Å². The van der Waals surface area contributed by atoms with Gasteiger partial charge in [-0.25, -0.2) is 9.78 Å². The topological polar surface area (TPSA) is 107 Å². The fourth-order valence-electron chi connectivity index (χ4n) is 3.65. The molecule has 2 aromatic carbocycles. The van der Waals surface area contributed by atoms with E-state index in [0.29, 0.717) is 24.0 Å². The number of alkyl halides is 3. The number of anilines is 1. The fourth-order valence-corrected chi connectivity index (χ4v) is 3.65. The summed E-state index contributed by atoms with van der Waals surface area (Å²) in [7, 11) is 0. The Morgan fingerprint density at radius 1 is 1.03 bits per heavy atom. The minimum atomic E-state index is -5.08. The normalized spacial score (nSPS) is 13.9. The number of carbonyl (C=O) groups excluding carboxylic acids is 1. The molecule has 1 aromatic heterocycles. The number of amides is 1. The molecule has 4 rings (SSSR count). The highest BCUT2D eigenvalue weighted by Crippen LogP contribution is 2.22. The Balaban J connectivity index is 0.000000406. The van der Waals surface area contributed by atoms with Crippen LogP contribution in [-0.2, 0) is 4.79 Å². The van der Waals surface area contributed by atoms with Gasteiger partial charge < -0.3 is 19.9 Å². The minimum Gasteiger partial charge on any atom is -0.475 e. The lowest BCUT2D eigenvalue weighted by molar-refractivity contribution is -0.192. The highest BCUT2D eigenvalue weighted by atomic mass is 19.4. The summed E-state index contributed by atoms with van der Waals surface area (Å²) in [6.45, 7) is 6.92. The van der Waals surface area contributed by atoms with E-state index in [4.69, 9.17) is 9.90 Å². The van der Waals surface area contributed by atoms with E-state index < -0.39 is 12.1 Å². The smallest absolute Gasteiger partial charge is 0.475 e. The van der Waals surface area contributed by atoms with Gasteiger partial charge in [-0.2, -0.15) is 13.2 Å². The fraction of sp³-hybridized carbons (Fsp3) is 0.304. The van der Waals surface area contributed by atoms with E-state index in [1.165, 1.54) is 16.8 Å². The molecule has 2 N–H and O–H groups in total. The molecule has 1 aliphatic heterocycles. The van der Waals surface area contributed by atoms with Gasteiger partial charge in [0, 0.05) is 31.9 Å². The third kappa shape index (κ3) is 5.72. The van der Waals surface area contributed by atoms with E-state index in [9.17, 15) is 22.8 Å². The van der Waals surface area contributed by atoms with E-state index in [1.54, 1.807) is 23.1 Å². The predicted molar refractivity (Wildman–Crippen MR) is 120 cm³/mol. The van der Waals surface area contributed by atoms with Crippen molar-refractivity contribution in [3.05, 3.63) is 69.8 Å². The maximum absolute atomic E-state index is 12.8. The van der Waals surface area contributed by atoms with Gasteiger partial charge in [0.05, 0.1) is 10.9 Å². The number of carboxylic acids is 1. The van der Waals surface area contributed by atoms with Gasteiger partial charge in [-0.3, -0.25) is 9.59 Å². The molecule has 0 bridgehead atoms. The van der Waals surface area contributed by atoms with Gasteiger partial charge in [0.1, 0.15) is 0 Å². The molecule has 0 unspecified atom stereocenters. The van der Waals surface area contributed by atoms with Crippen LogP contribution in [0.4, 0.5) is 18.9 Å². The first-order chi connectivity index (χ1) is 16.0. The maximum atomic E-state index is 12.8. The lowest BCUT2D eigenvalue weighted by Gasteiger charge is -2.36. The molecule has 0 atom stereocenters. The van der Waals surface area contributed by atoms with Crippen LogP contribution in [0.3, 0.4) is 0 Å². The molecule has 8 nitrogen and oxygen atoms in total. The largest absolute Gasteiger partial charge is 0.490 e. The van der Waals surface area contributed by atoms with Gasteiger partial charge in [0.15, 0.2) is 5.82 Å². The number of nitrogens with zero attached hydrogens (tertiary/aromatic N) is 3. The minimum absolute atomic E-state index is 0.110. The zero-order valence-electron chi connectivity index (χ0n) is 18.5. The number of rotatable bonds is 2. The molecule has 0 aliphatic carbocycles. The summed E-state index contributed by atoms with van der Waals surface area (Å²) in [5.74, 6) is -2.87. The van der Waals surface area contributed by atoms with Crippen molar-refractivity contribution in [2.24, 2.45) is 0 Å². The molecule has 0 saturated carbocycles. The number of piperazine rings is 1. The van der Waals surface area contributed by atoms with E-state index >= 15 is 0 Å². The molecular weight excluding hydrogens is 453 g/mol. The zero-order valence-corrected chi connectivity index (χ0v) is 18.5. The Labute approximate surface area is 192 Å². The van der Waals surface area contributed by atoms with Crippen molar-refractivity contribution in [2.75, 3.05) is 31.1 Å². The summed E-state index contributed by atoms with van der Waals surface area (Å²) < 4.78 is 31.7. The van der Waals surface area contributed by atoms with E-state index in [0.717, 1.165) is 13.1 Å². The number of nitrogens with one attached hydrogen (secondary N) is 1. The number of fused-ring (bicyclic) bond motifs is 1. The maximum Gasteiger partial charge on any atom is 0.490 e. The first-order valence-electron chi connectivity index (χ1n) is 10.4. The highest BCUT2D eigenvalue weighted by Gasteiger charge is 2.38. The monoisotopic (exact) mass is 476 g/mol. The Morgan fingerprint density at radius 2 is 1.65 bits per heavy atom. The van der Waals surface area contributed by atoms with Crippen LogP contribution in [0.25, 0.3) is 10.9 Å². The number of hydrogen-bond acceptors (Lipinski definition) is 5. The molecule has 0 spiro atoms. The second-order valence-electron chi connectivity index (χ2n) is 7.80. The standard InChI is InChI=1S/C21H22N4O2.C2HF3O2/c1-14-7-8-18(15(2)13-14)24-9-11-25(12-10-24)21(27)19-22-17-6-4-3-5-16(17)20(26)23-19;3-2(4,5)1(6)7/h3-8,13H,9-12H2,1-2H3,(H,22,23,26);(H,6,7). The van der Waals surface area contributed by atoms with Crippen LogP contribution >= 0.6 is 0 Å².